The quantitative estimate of drug-likeness (QED) is 0.547. The van der Waals surface area contributed by atoms with Crippen LogP contribution in [0.1, 0.15) is 26.7 Å². The van der Waals surface area contributed by atoms with E-state index in [1.165, 1.54) is 0 Å². The van der Waals surface area contributed by atoms with Gasteiger partial charge in [-0.1, -0.05) is 13.8 Å². The minimum absolute atomic E-state index is 0.424. The molecule has 0 aromatic rings. The molecule has 0 heterocycles. The van der Waals surface area contributed by atoms with Crippen LogP contribution in [0, 0.1) is 0 Å². The van der Waals surface area contributed by atoms with Crippen molar-refractivity contribution in [1.82, 2.24) is 0 Å². The van der Waals surface area contributed by atoms with E-state index in [0.29, 0.717) is 13.0 Å². The number of hydrogen-bond acceptors (Lipinski definition) is 3. The standard InChI is InChI=1S/C6H15NO2/c1-3-5-9-6(7,8)4-2/h8H,3-5,7H2,1-2H3. The van der Waals surface area contributed by atoms with Crippen molar-refractivity contribution < 1.29 is 9.84 Å². The van der Waals surface area contributed by atoms with Gasteiger partial charge in [0.2, 0.25) is 5.91 Å². The maximum absolute atomic E-state index is 9.01. The molecule has 3 N–H and O–H groups in total. The van der Waals surface area contributed by atoms with Crippen LogP contribution in [0.4, 0.5) is 0 Å². The minimum Gasteiger partial charge on any atom is -0.353 e. The zero-order valence-electron chi connectivity index (χ0n) is 6.05. The van der Waals surface area contributed by atoms with Crippen molar-refractivity contribution in [2.45, 2.75) is 32.6 Å². The van der Waals surface area contributed by atoms with Crippen molar-refractivity contribution in [3.05, 3.63) is 0 Å². The monoisotopic (exact) mass is 133 g/mol. The lowest BCUT2D eigenvalue weighted by Crippen LogP contribution is -2.41. The highest BCUT2D eigenvalue weighted by Gasteiger charge is 2.16. The fourth-order valence-electron chi connectivity index (χ4n) is 0.381. The SMILES string of the molecule is CCCOC(N)(O)CC. The Kier molecular flexibility index (Phi) is 3.77. The Morgan fingerprint density at radius 3 is 2.44 bits per heavy atom. The fraction of sp³-hybridized carbons (Fsp3) is 1.00. The van der Waals surface area contributed by atoms with E-state index in [9.17, 15) is 0 Å². The molecule has 1 unspecified atom stereocenters. The average Bonchev–Trinajstić information content (AvgIpc) is 1.84. The van der Waals surface area contributed by atoms with Gasteiger partial charge < -0.3 is 9.84 Å². The Bertz CT molecular complexity index is 73.5. The van der Waals surface area contributed by atoms with Crippen molar-refractivity contribution >= 4 is 0 Å². The van der Waals surface area contributed by atoms with Crippen LogP contribution in [0.25, 0.3) is 0 Å². The fourth-order valence-corrected chi connectivity index (χ4v) is 0.381. The highest BCUT2D eigenvalue weighted by Crippen LogP contribution is 2.02. The summed E-state index contributed by atoms with van der Waals surface area (Å²) in [6.07, 6.45) is 1.30. The van der Waals surface area contributed by atoms with E-state index in [-0.39, 0.29) is 0 Å². The molecule has 56 valence electrons. The lowest BCUT2D eigenvalue weighted by Gasteiger charge is -2.20. The molecule has 0 bridgehead atoms. The molecule has 3 heteroatoms. The average molecular weight is 133 g/mol. The van der Waals surface area contributed by atoms with Gasteiger partial charge in [0.15, 0.2) is 0 Å². The maximum Gasteiger partial charge on any atom is 0.221 e. The van der Waals surface area contributed by atoms with Crippen molar-refractivity contribution in [1.29, 1.82) is 0 Å². The van der Waals surface area contributed by atoms with Crippen LogP contribution in [-0.4, -0.2) is 17.6 Å². The van der Waals surface area contributed by atoms with Crippen LogP contribution in [0.2, 0.25) is 0 Å². The normalized spacial score (nSPS) is 17.3. The van der Waals surface area contributed by atoms with Gasteiger partial charge in [0.1, 0.15) is 0 Å². The Balaban J connectivity index is 3.33. The first-order chi connectivity index (χ1) is 4.12. The lowest BCUT2D eigenvalue weighted by atomic mass is 10.4. The Morgan fingerprint density at radius 1 is 1.56 bits per heavy atom. The Labute approximate surface area is 55.8 Å². The number of aliphatic hydroxyl groups is 1. The predicted molar refractivity (Wildman–Crippen MR) is 35.7 cm³/mol. The summed E-state index contributed by atoms with van der Waals surface area (Å²) in [6, 6.07) is 0. The second-order valence-corrected chi connectivity index (χ2v) is 2.05. The first-order valence-corrected chi connectivity index (χ1v) is 3.27. The van der Waals surface area contributed by atoms with Gasteiger partial charge in [0.25, 0.3) is 0 Å². The van der Waals surface area contributed by atoms with Crippen molar-refractivity contribution in [3.63, 3.8) is 0 Å². The molecule has 9 heavy (non-hydrogen) atoms. The molecule has 1 atom stereocenters. The largest absolute Gasteiger partial charge is 0.353 e. The zero-order valence-corrected chi connectivity index (χ0v) is 6.05. The van der Waals surface area contributed by atoms with Gasteiger partial charge in [0.05, 0.1) is 6.61 Å². The Hall–Kier alpha value is -0.120. The molecule has 3 nitrogen and oxygen atoms in total. The van der Waals surface area contributed by atoms with Gasteiger partial charge in [-0.15, -0.1) is 0 Å². The third-order valence-electron chi connectivity index (χ3n) is 1.06. The molecule has 0 amide bonds. The van der Waals surface area contributed by atoms with Crippen molar-refractivity contribution in [3.8, 4) is 0 Å². The first kappa shape index (κ1) is 8.88. The van der Waals surface area contributed by atoms with E-state index >= 15 is 0 Å². The smallest absolute Gasteiger partial charge is 0.221 e. The van der Waals surface area contributed by atoms with E-state index in [0.717, 1.165) is 6.42 Å². The van der Waals surface area contributed by atoms with E-state index < -0.39 is 5.91 Å². The molecule has 0 aliphatic rings. The highest BCUT2D eigenvalue weighted by atomic mass is 16.6. The van der Waals surface area contributed by atoms with Crippen LogP contribution in [0.15, 0.2) is 0 Å². The van der Waals surface area contributed by atoms with Crippen LogP contribution in [0.3, 0.4) is 0 Å². The van der Waals surface area contributed by atoms with Gasteiger partial charge in [-0.2, -0.15) is 0 Å². The molecule has 0 aliphatic carbocycles. The molecule has 0 fully saturated rings. The molecule has 0 saturated heterocycles. The zero-order chi connectivity index (χ0) is 7.33. The van der Waals surface area contributed by atoms with Gasteiger partial charge in [-0.3, -0.25) is 5.73 Å². The van der Waals surface area contributed by atoms with Crippen molar-refractivity contribution in [2.24, 2.45) is 5.73 Å². The lowest BCUT2D eigenvalue weighted by molar-refractivity contribution is -0.200. The first-order valence-electron chi connectivity index (χ1n) is 3.27. The molecule has 0 aromatic carbocycles. The molecule has 0 spiro atoms. The summed E-state index contributed by atoms with van der Waals surface area (Å²) in [5.74, 6) is -1.41. The molecular formula is C6H15NO2. The topological polar surface area (TPSA) is 55.5 Å². The summed E-state index contributed by atoms with van der Waals surface area (Å²) in [5.41, 5.74) is 5.24. The number of rotatable bonds is 4. The second-order valence-electron chi connectivity index (χ2n) is 2.05. The minimum atomic E-state index is -1.41. The number of ether oxygens (including phenoxy) is 1. The van der Waals surface area contributed by atoms with Gasteiger partial charge in [-0.25, -0.2) is 0 Å². The van der Waals surface area contributed by atoms with E-state index in [2.05, 4.69) is 0 Å². The third kappa shape index (κ3) is 4.39. The molecule has 0 radical (unpaired) electrons. The molecule has 0 saturated carbocycles. The Morgan fingerprint density at radius 2 is 2.11 bits per heavy atom. The third-order valence-corrected chi connectivity index (χ3v) is 1.06. The molecule has 0 aliphatic heterocycles. The number of hydrogen-bond donors (Lipinski definition) is 2. The van der Waals surface area contributed by atoms with Crippen LogP contribution < -0.4 is 5.73 Å². The molecular weight excluding hydrogens is 118 g/mol. The maximum atomic E-state index is 9.01. The summed E-state index contributed by atoms with van der Waals surface area (Å²) in [7, 11) is 0. The van der Waals surface area contributed by atoms with E-state index in [4.69, 9.17) is 15.6 Å². The van der Waals surface area contributed by atoms with Crippen LogP contribution in [-0.2, 0) is 4.74 Å². The number of nitrogens with two attached hydrogens (primary N) is 1. The highest BCUT2D eigenvalue weighted by molar-refractivity contribution is 4.51. The van der Waals surface area contributed by atoms with Crippen LogP contribution in [0.5, 0.6) is 0 Å². The van der Waals surface area contributed by atoms with E-state index in [1.807, 2.05) is 6.92 Å². The van der Waals surface area contributed by atoms with Gasteiger partial charge in [-0.05, 0) is 6.42 Å². The summed E-state index contributed by atoms with van der Waals surface area (Å²) < 4.78 is 4.86. The van der Waals surface area contributed by atoms with Crippen LogP contribution >= 0.6 is 0 Å². The summed E-state index contributed by atoms with van der Waals surface area (Å²) in [4.78, 5) is 0. The second kappa shape index (κ2) is 3.82. The predicted octanol–water partition coefficient (Wildman–Crippen LogP) is 0.428. The van der Waals surface area contributed by atoms with Crippen molar-refractivity contribution in [2.75, 3.05) is 6.61 Å². The summed E-state index contributed by atoms with van der Waals surface area (Å²) in [5, 5.41) is 9.01. The van der Waals surface area contributed by atoms with Gasteiger partial charge in [0, 0.05) is 6.42 Å². The summed E-state index contributed by atoms with van der Waals surface area (Å²) >= 11 is 0. The van der Waals surface area contributed by atoms with E-state index in [1.54, 1.807) is 6.92 Å². The van der Waals surface area contributed by atoms with Gasteiger partial charge >= 0.3 is 0 Å². The molecule has 0 rings (SSSR count). The molecule has 0 aromatic heterocycles. The summed E-state index contributed by atoms with van der Waals surface area (Å²) in [6.45, 7) is 4.25.